The first-order chi connectivity index (χ1) is 6.33. The van der Waals surface area contributed by atoms with Gasteiger partial charge < -0.3 is 0 Å². The second-order valence-electron chi connectivity index (χ2n) is 2.66. The van der Waals surface area contributed by atoms with Gasteiger partial charge >= 0.3 is 0 Å². The topological polar surface area (TPSA) is 34.4 Å². The minimum absolute atomic E-state index is 0.0961. The van der Waals surface area contributed by atoms with Gasteiger partial charge in [0, 0.05) is 6.20 Å². The van der Waals surface area contributed by atoms with Crippen LogP contribution in [0.25, 0.3) is 5.52 Å². The largest absolute Gasteiger partial charge is 0.289 e. The summed E-state index contributed by atoms with van der Waals surface area (Å²) in [6.45, 7) is 3.44. The van der Waals surface area contributed by atoms with Crippen LogP contribution < -0.4 is 0 Å². The third-order valence-corrected chi connectivity index (χ3v) is 1.88. The summed E-state index contributed by atoms with van der Waals surface area (Å²) in [6.07, 6.45) is 4.65. The molecular formula is C10H8N2O. The molecule has 0 aromatic carbocycles. The number of nitrogens with zero attached hydrogens (tertiary/aromatic N) is 2. The second kappa shape index (κ2) is 2.86. The molecule has 0 saturated carbocycles. The lowest BCUT2D eigenvalue weighted by atomic mass is 10.2. The Balaban J connectivity index is 2.71. The highest BCUT2D eigenvalue weighted by atomic mass is 16.1. The molecule has 3 nitrogen and oxygen atoms in total. The summed E-state index contributed by atoms with van der Waals surface area (Å²) in [5, 5.41) is 4.04. The zero-order valence-corrected chi connectivity index (χ0v) is 6.97. The molecule has 0 radical (unpaired) electrons. The molecular weight excluding hydrogens is 164 g/mol. The number of aromatic nitrogens is 2. The van der Waals surface area contributed by atoms with E-state index in [0.29, 0.717) is 5.56 Å². The number of hydrogen-bond donors (Lipinski definition) is 0. The van der Waals surface area contributed by atoms with Crippen LogP contribution >= 0.6 is 0 Å². The quantitative estimate of drug-likeness (QED) is 0.510. The van der Waals surface area contributed by atoms with E-state index in [1.807, 2.05) is 18.2 Å². The summed E-state index contributed by atoms with van der Waals surface area (Å²) < 4.78 is 1.66. The highest BCUT2D eigenvalue weighted by Gasteiger charge is 2.07. The number of carbonyl (C=O) groups is 1. The van der Waals surface area contributed by atoms with Crippen LogP contribution in [0.1, 0.15) is 10.4 Å². The van der Waals surface area contributed by atoms with Gasteiger partial charge in [-0.2, -0.15) is 5.10 Å². The third-order valence-electron chi connectivity index (χ3n) is 1.88. The highest BCUT2D eigenvalue weighted by molar-refractivity contribution is 6.08. The van der Waals surface area contributed by atoms with Gasteiger partial charge in [0.25, 0.3) is 0 Å². The van der Waals surface area contributed by atoms with Crippen molar-refractivity contribution < 1.29 is 4.79 Å². The molecule has 0 spiro atoms. The van der Waals surface area contributed by atoms with Gasteiger partial charge in [-0.15, -0.1) is 0 Å². The SMILES string of the molecule is C=CC(=O)c1cnn2ccccc12. The van der Waals surface area contributed by atoms with E-state index in [4.69, 9.17) is 0 Å². The van der Waals surface area contributed by atoms with Crippen molar-refractivity contribution in [1.82, 2.24) is 9.61 Å². The summed E-state index contributed by atoms with van der Waals surface area (Å²) in [5.74, 6) is -0.0961. The molecule has 3 heteroatoms. The van der Waals surface area contributed by atoms with E-state index in [0.717, 1.165) is 5.52 Å². The molecule has 2 rings (SSSR count). The molecule has 2 aromatic heterocycles. The summed E-state index contributed by atoms with van der Waals surface area (Å²) >= 11 is 0. The van der Waals surface area contributed by atoms with Gasteiger partial charge in [0.15, 0.2) is 5.78 Å². The molecule has 0 atom stereocenters. The van der Waals surface area contributed by atoms with Crippen LogP contribution in [-0.2, 0) is 0 Å². The molecule has 0 aliphatic rings. The first-order valence-electron chi connectivity index (χ1n) is 3.92. The maximum absolute atomic E-state index is 11.3. The van der Waals surface area contributed by atoms with Crippen molar-refractivity contribution in [2.45, 2.75) is 0 Å². The molecule has 0 saturated heterocycles. The first kappa shape index (κ1) is 7.73. The Bertz CT molecular complexity index is 470. The van der Waals surface area contributed by atoms with E-state index in [9.17, 15) is 4.79 Å². The average Bonchev–Trinajstić information content (AvgIpc) is 2.60. The van der Waals surface area contributed by atoms with Gasteiger partial charge in [-0.05, 0) is 18.2 Å². The van der Waals surface area contributed by atoms with Crippen LogP contribution in [0, 0.1) is 0 Å². The molecule has 2 heterocycles. The summed E-state index contributed by atoms with van der Waals surface area (Å²) in [7, 11) is 0. The fraction of sp³-hybridized carbons (Fsp3) is 0. The van der Waals surface area contributed by atoms with Gasteiger partial charge in [0.1, 0.15) is 0 Å². The first-order valence-corrected chi connectivity index (χ1v) is 3.92. The van der Waals surface area contributed by atoms with E-state index < -0.39 is 0 Å². The van der Waals surface area contributed by atoms with Gasteiger partial charge in [0.2, 0.25) is 0 Å². The maximum Gasteiger partial charge on any atom is 0.189 e. The number of pyridine rings is 1. The van der Waals surface area contributed by atoms with Crippen molar-refractivity contribution in [1.29, 1.82) is 0 Å². The van der Waals surface area contributed by atoms with E-state index in [2.05, 4.69) is 11.7 Å². The Morgan fingerprint density at radius 2 is 2.38 bits per heavy atom. The number of rotatable bonds is 2. The minimum atomic E-state index is -0.0961. The number of carbonyl (C=O) groups excluding carboxylic acids is 1. The van der Waals surface area contributed by atoms with Gasteiger partial charge in [0.05, 0.1) is 17.3 Å². The molecule has 13 heavy (non-hydrogen) atoms. The van der Waals surface area contributed by atoms with Crippen LogP contribution in [-0.4, -0.2) is 15.4 Å². The predicted octanol–water partition coefficient (Wildman–Crippen LogP) is 1.70. The van der Waals surface area contributed by atoms with Crippen molar-refractivity contribution in [3.8, 4) is 0 Å². The molecule has 0 N–H and O–H groups in total. The van der Waals surface area contributed by atoms with Gasteiger partial charge in [-0.1, -0.05) is 12.6 Å². The molecule has 0 unspecified atom stereocenters. The standard InChI is InChI=1S/C10H8N2O/c1-2-10(13)8-7-11-12-6-4-3-5-9(8)12/h2-7H,1H2. The number of ketones is 1. The Labute approximate surface area is 75.3 Å². The number of hydrogen-bond acceptors (Lipinski definition) is 2. The lowest BCUT2D eigenvalue weighted by molar-refractivity contribution is 0.104. The molecule has 2 aromatic rings. The predicted molar refractivity (Wildman–Crippen MR) is 49.7 cm³/mol. The Hall–Kier alpha value is -1.90. The Morgan fingerprint density at radius 3 is 3.15 bits per heavy atom. The van der Waals surface area contributed by atoms with Crippen molar-refractivity contribution in [2.24, 2.45) is 0 Å². The lowest BCUT2D eigenvalue weighted by Crippen LogP contribution is -1.92. The molecule has 0 amide bonds. The minimum Gasteiger partial charge on any atom is -0.289 e. The molecule has 0 aliphatic heterocycles. The molecule has 64 valence electrons. The summed E-state index contributed by atoms with van der Waals surface area (Å²) in [5.41, 5.74) is 1.41. The maximum atomic E-state index is 11.3. The van der Waals surface area contributed by atoms with Crippen LogP contribution in [0.15, 0.2) is 43.2 Å². The lowest BCUT2D eigenvalue weighted by Gasteiger charge is -1.92. The van der Waals surface area contributed by atoms with Crippen molar-refractivity contribution in [3.63, 3.8) is 0 Å². The van der Waals surface area contributed by atoms with Gasteiger partial charge in [-0.3, -0.25) is 4.79 Å². The second-order valence-corrected chi connectivity index (χ2v) is 2.66. The van der Waals surface area contributed by atoms with Crippen LogP contribution in [0.3, 0.4) is 0 Å². The zero-order chi connectivity index (χ0) is 9.26. The van der Waals surface area contributed by atoms with Crippen molar-refractivity contribution in [3.05, 3.63) is 48.8 Å². The highest BCUT2D eigenvalue weighted by Crippen LogP contribution is 2.10. The fourth-order valence-corrected chi connectivity index (χ4v) is 1.23. The Kier molecular flexibility index (Phi) is 1.70. The van der Waals surface area contributed by atoms with Gasteiger partial charge in [-0.25, -0.2) is 4.52 Å². The monoisotopic (exact) mass is 172 g/mol. The van der Waals surface area contributed by atoms with Crippen molar-refractivity contribution in [2.75, 3.05) is 0 Å². The van der Waals surface area contributed by atoms with E-state index in [-0.39, 0.29) is 5.78 Å². The van der Waals surface area contributed by atoms with E-state index in [1.165, 1.54) is 6.08 Å². The fourth-order valence-electron chi connectivity index (χ4n) is 1.23. The van der Waals surface area contributed by atoms with Crippen LogP contribution in [0.4, 0.5) is 0 Å². The zero-order valence-electron chi connectivity index (χ0n) is 6.97. The van der Waals surface area contributed by atoms with E-state index >= 15 is 0 Å². The van der Waals surface area contributed by atoms with Crippen LogP contribution in [0.5, 0.6) is 0 Å². The smallest absolute Gasteiger partial charge is 0.189 e. The van der Waals surface area contributed by atoms with Crippen molar-refractivity contribution >= 4 is 11.3 Å². The molecule has 0 bridgehead atoms. The summed E-state index contributed by atoms with van der Waals surface area (Å²) in [6, 6.07) is 5.59. The molecule has 0 aliphatic carbocycles. The number of fused-ring (bicyclic) bond motifs is 1. The van der Waals surface area contributed by atoms with Crippen LogP contribution in [0.2, 0.25) is 0 Å². The summed E-state index contributed by atoms with van der Waals surface area (Å²) in [4.78, 5) is 11.3. The normalized spacial score (nSPS) is 10.2. The van der Waals surface area contributed by atoms with E-state index in [1.54, 1.807) is 16.9 Å². The Morgan fingerprint density at radius 1 is 1.54 bits per heavy atom. The number of allylic oxidation sites excluding steroid dienone is 1. The third kappa shape index (κ3) is 1.14. The average molecular weight is 172 g/mol. The molecule has 0 fully saturated rings.